The average Bonchev–Trinajstić information content (AvgIpc) is 2.66. The van der Waals surface area contributed by atoms with Crippen molar-refractivity contribution in [3.8, 4) is 0 Å². The number of aromatic nitrogens is 1. The zero-order chi connectivity index (χ0) is 10.4. The maximum absolute atomic E-state index is 5.51. The van der Waals surface area contributed by atoms with Gasteiger partial charge in [0.1, 0.15) is 0 Å². The van der Waals surface area contributed by atoms with Gasteiger partial charge in [-0.05, 0) is 6.92 Å². The van der Waals surface area contributed by atoms with Crippen LogP contribution in [0.25, 0.3) is 0 Å². The molecule has 1 aromatic heterocycles. The van der Waals surface area contributed by atoms with Gasteiger partial charge >= 0.3 is 0 Å². The molecule has 0 aliphatic rings. The summed E-state index contributed by atoms with van der Waals surface area (Å²) in [7, 11) is 2.01. The highest BCUT2D eigenvalue weighted by molar-refractivity contribution is 7.15. The van der Waals surface area contributed by atoms with Crippen LogP contribution in [-0.4, -0.2) is 31.8 Å². The molecular formula is C9H17N3OS. The van der Waals surface area contributed by atoms with E-state index in [1.165, 1.54) is 0 Å². The number of nitrogens with zero attached hydrogens (tertiary/aromatic N) is 2. The van der Waals surface area contributed by atoms with Gasteiger partial charge in [-0.25, -0.2) is 4.98 Å². The van der Waals surface area contributed by atoms with Gasteiger partial charge in [-0.1, -0.05) is 0 Å². The lowest BCUT2D eigenvalue weighted by atomic mass is 10.6. The number of likely N-dealkylation sites (N-methyl/N-ethyl adjacent to an activating group) is 1. The fraction of sp³-hybridized carbons (Fsp3) is 0.667. The summed E-state index contributed by atoms with van der Waals surface area (Å²) in [6.45, 7) is 4.93. The van der Waals surface area contributed by atoms with Crippen molar-refractivity contribution in [1.82, 2.24) is 4.98 Å². The van der Waals surface area contributed by atoms with Crippen LogP contribution in [0.5, 0.6) is 0 Å². The van der Waals surface area contributed by atoms with E-state index in [1.807, 2.05) is 20.2 Å². The van der Waals surface area contributed by atoms with E-state index < -0.39 is 0 Å². The maximum atomic E-state index is 5.51. The second-order valence-electron chi connectivity index (χ2n) is 2.93. The maximum Gasteiger partial charge on any atom is 0.185 e. The lowest BCUT2D eigenvalue weighted by molar-refractivity contribution is 0.154. The first-order chi connectivity index (χ1) is 6.77. The predicted molar refractivity (Wildman–Crippen MR) is 59.8 cm³/mol. The molecule has 80 valence electrons. The van der Waals surface area contributed by atoms with Crippen LogP contribution in [0.3, 0.4) is 0 Å². The molecule has 0 aromatic carbocycles. The molecule has 0 saturated carbocycles. The number of ether oxygens (including phenoxy) is 1. The lowest BCUT2D eigenvalue weighted by Crippen LogP contribution is -2.22. The molecule has 0 saturated heterocycles. The summed E-state index contributed by atoms with van der Waals surface area (Å²) < 4.78 is 5.27. The highest BCUT2D eigenvalue weighted by atomic mass is 32.1. The van der Waals surface area contributed by atoms with E-state index in [0.29, 0.717) is 6.54 Å². The number of thiazole rings is 1. The molecule has 5 heteroatoms. The van der Waals surface area contributed by atoms with Gasteiger partial charge in [0, 0.05) is 37.8 Å². The van der Waals surface area contributed by atoms with Crippen LogP contribution in [-0.2, 0) is 11.3 Å². The van der Waals surface area contributed by atoms with Gasteiger partial charge < -0.3 is 15.4 Å². The van der Waals surface area contributed by atoms with Crippen molar-refractivity contribution in [1.29, 1.82) is 0 Å². The van der Waals surface area contributed by atoms with Crippen molar-refractivity contribution in [3.05, 3.63) is 11.1 Å². The van der Waals surface area contributed by atoms with Crippen molar-refractivity contribution < 1.29 is 4.74 Å². The summed E-state index contributed by atoms with van der Waals surface area (Å²) in [4.78, 5) is 7.47. The zero-order valence-electron chi connectivity index (χ0n) is 8.69. The standard InChI is InChI=1S/C9H17N3OS/c1-3-13-5-4-12(2)9-11-7-8(6-10)14-9/h7H,3-6,10H2,1-2H3. The van der Waals surface area contributed by atoms with Crippen LogP contribution >= 0.6 is 11.3 Å². The van der Waals surface area contributed by atoms with E-state index in [-0.39, 0.29) is 0 Å². The molecule has 0 aliphatic carbocycles. The zero-order valence-corrected chi connectivity index (χ0v) is 9.51. The highest BCUT2D eigenvalue weighted by Gasteiger charge is 2.05. The summed E-state index contributed by atoms with van der Waals surface area (Å²) in [5, 5.41) is 1.00. The minimum Gasteiger partial charge on any atom is -0.380 e. The summed E-state index contributed by atoms with van der Waals surface area (Å²) >= 11 is 1.63. The van der Waals surface area contributed by atoms with E-state index in [2.05, 4.69) is 9.88 Å². The van der Waals surface area contributed by atoms with Crippen LogP contribution in [0.4, 0.5) is 5.13 Å². The Hall–Kier alpha value is -0.650. The molecule has 0 atom stereocenters. The van der Waals surface area contributed by atoms with Crippen molar-refractivity contribution >= 4 is 16.5 Å². The Balaban J connectivity index is 2.39. The highest BCUT2D eigenvalue weighted by Crippen LogP contribution is 2.20. The fourth-order valence-corrected chi connectivity index (χ4v) is 1.79. The quantitative estimate of drug-likeness (QED) is 0.721. The Morgan fingerprint density at radius 2 is 2.43 bits per heavy atom. The monoisotopic (exact) mass is 215 g/mol. The average molecular weight is 215 g/mol. The third-order valence-corrected chi connectivity index (χ3v) is 2.98. The van der Waals surface area contributed by atoms with Gasteiger partial charge in [-0.2, -0.15) is 0 Å². The molecule has 0 spiro atoms. The van der Waals surface area contributed by atoms with E-state index in [1.54, 1.807) is 11.3 Å². The first-order valence-electron chi connectivity index (χ1n) is 4.71. The molecule has 14 heavy (non-hydrogen) atoms. The van der Waals surface area contributed by atoms with Crippen molar-refractivity contribution in [2.45, 2.75) is 13.5 Å². The van der Waals surface area contributed by atoms with Gasteiger partial charge in [-0.3, -0.25) is 0 Å². The molecule has 0 fully saturated rings. The molecule has 2 N–H and O–H groups in total. The fourth-order valence-electron chi connectivity index (χ4n) is 1.01. The summed E-state index contributed by atoms with van der Waals surface area (Å²) in [5.41, 5.74) is 5.51. The first kappa shape index (κ1) is 11.4. The third-order valence-electron chi connectivity index (χ3n) is 1.84. The molecule has 0 unspecified atom stereocenters. The van der Waals surface area contributed by atoms with E-state index in [9.17, 15) is 0 Å². The normalized spacial score (nSPS) is 10.5. The molecule has 1 rings (SSSR count). The second kappa shape index (κ2) is 5.95. The predicted octanol–water partition coefficient (Wildman–Crippen LogP) is 1.07. The van der Waals surface area contributed by atoms with E-state index in [0.717, 1.165) is 29.8 Å². The van der Waals surface area contributed by atoms with Gasteiger partial charge in [0.05, 0.1) is 6.61 Å². The molecule has 4 nitrogen and oxygen atoms in total. The lowest BCUT2D eigenvalue weighted by Gasteiger charge is -2.14. The van der Waals surface area contributed by atoms with Crippen molar-refractivity contribution in [3.63, 3.8) is 0 Å². The van der Waals surface area contributed by atoms with Crippen LogP contribution in [0.2, 0.25) is 0 Å². The number of hydrogen-bond acceptors (Lipinski definition) is 5. The van der Waals surface area contributed by atoms with Gasteiger partial charge in [-0.15, -0.1) is 11.3 Å². The minimum absolute atomic E-state index is 0.566. The molecule has 0 radical (unpaired) electrons. The molecule has 1 heterocycles. The topological polar surface area (TPSA) is 51.4 Å². The molecular weight excluding hydrogens is 198 g/mol. The Bertz CT molecular complexity index is 264. The summed E-state index contributed by atoms with van der Waals surface area (Å²) in [6.07, 6.45) is 1.83. The Kier molecular flexibility index (Phi) is 4.86. The van der Waals surface area contributed by atoms with Gasteiger partial charge in [0.25, 0.3) is 0 Å². The first-order valence-corrected chi connectivity index (χ1v) is 5.53. The molecule has 0 aliphatic heterocycles. The molecule has 0 bridgehead atoms. The number of hydrogen-bond donors (Lipinski definition) is 1. The van der Waals surface area contributed by atoms with E-state index in [4.69, 9.17) is 10.5 Å². The number of rotatable bonds is 6. The van der Waals surface area contributed by atoms with Crippen molar-refractivity contribution in [2.75, 3.05) is 31.7 Å². The Morgan fingerprint density at radius 1 is 1.64 bits per heavy atom. The number of anilines is 1. The van der Waals surface area contributed by atoms with Gasteiger partial charge in [0.2, 0.25) is 0 Å². The Labute approximate surface area is 88.7 Å². The summed E-state index contributed by atoms with van der Waals surface area (Å²) in [5.74, 6) is 0. The van der Waals surface area contributed by atoms with E-state index >= 15 is 0 Å². The summed E-state index contributed by atoms with van der Waals surface area (Å²) in [6, 6.07) is 0. The smallest absolute Gasteiger partial charge is 0.185 e. The third kappa shape index (κ3) is 3.25. The molecule has 0 amide bonds. The van der Waals surface area contributed by atoms with Crippen LogP contribution in [0.1, 0.15) is 11.8 Å². The minimum atomic E-state index is 0.566. The SMILES string of the molecule is CCOCCN(C)c1ncc(CN)s1. The van der Waals surface area contributed by atoms with Gasteiger partial charge in [0.15, 0.2) is 5.13 Å². The molecule has 1 aromatic rings. The largest absolute Gasteiger partial charge is 0.380 e. The Morgan fingerprint density at radius 3 is 3.00 bits per heavy atom. The van der Waals surface area contributed by atoms with Crippen molar-refractivity contribution in [2.24, 2.45) is 5.73 Å². The van der Waals surface area contributed by atoms with Crippen LogP contribution in [0, 0.1) is 0 Å². The van der Waals surface area contributed by atoms with Crippen LogP contribution < -0.4 is 10.6 Å². The second-order valence-corrected chi connectivity index (χ2v) is 4.03. The number of nitrogens with two attached hydrogens (primary N) is 1. The van der Waals surface area contributed by atoms with Crippen LogP contribution in [0.15, 0.2) is 6.20 Å².